The fourth-order valence-corrected chi connectivity index (χ4v) is 2.91. The molecule has 6 heteroatoms. The molecule has 0 bridgehead atoms. The van der Waals surface area contributed by atoms with Gasteiger partial charge in [-0.15, -0.1) is 0 Å². The van der Waals surface area contributed by atoms with Crippen LogP contribution in [-0.4, -0.2) is 38.8 Å². The molecule has 2 aromatic carbocycles. The molecule has 1 N–H and O–H groups in total. The molecule has 1 amide bonds. The Morgan fingerprint density at radius 3 is 2.59 bits per heavy atom. The molecule has 3 rings (SSSR count). The van der Waals surface area contributed by atoms with E-state index < -0.39 is 0 Å². The zero-order valence-corrected chi connectivity index (χ0v) is 15.3. The Morgan fingerprint density at radius 2 is 1.85 bits per heavy atom. The first-order valence-electron chi connectivity index (χ1n) is 9.28. The molecule has 0 radical (unpaired) electrons. The van der Waals surface area contributed by atoms with Crippen LogP contribution >= 0.6 is 0 Å². The van der Waals surface area contributed by atoms with Crippen LogP contribution in [0.1, 0.15) is 18.4 Å². The van der Waals surface area contributed by atoms with E-state index in [0.717, 1.165) is 31.9 Å². The van der Waals surface area contributed by atoms with E-state index in [9.17, 15) is 9.18 Å². The number of halogens is 1. The van der Waals surface area contributed by atoms with Gasteiger partial charge in [0.2, 0.25) is 5.91 Å². The van der Waals surface area contributed by atoms with E-state index in [1.165, 1.54) is 11.8 Å². The first kappa shape index (κ1) is 19.2. The van der Waals surface area contributed by atoms with Crippen LogP contribution in [0.25, 0.3) is 0 Å². The first-order valence-corrected chi connectivity index (χ1v) is 9.28. The number of nitrogens with zero attached hydrogens (tertiary/aromatic N) is 1. The highest BCUT2D eigenvalue weighted by Gasteiger charge is 2.11. The molecule has 0 unspecified atom stereocenters. The van der Waals surface area contributed by atoms with Crippen LogP contribution in [0.15, 0.2) is 48.5 Å². The highest BCUT2D eigenvalue weighted by Crippen LogP contribution is 2.17. The third-order valence-corrected chi connectivity index (χ3v) is 4.44. The van der Waals surface area contributed by atoms with Crippen molar-refractivity contribution >= 4 is 11.6 Å². The number of carbonyl (C=O) groups is 1. The minimum atomic E-state index is -0.387. The van der Waals surface area contributed by atoms with Crippen molar-refractivity contribution in [1.82, 2.24) is 5.32 Å². The molecule has 0 aliphatic carbocycles. The summed E-state index contributed by atoms with van der Waals surface area (Å²) in [5, 5.41) is 2.91. The SMILES string of the molecule is O=C(CCCOc1ccccc1F)NCc1ccc(N2CCOCC2)cc1. The Balaban J connectivity index is 1.34. The topological polar surface area (TPSA) is 50.8 Å². The number of carbonyl (C=O) groups excluding carboxylic acids is 1. The molecule has 0 spiro atoms. The lowest BCUT2D eigenvalue weighted by Gasteiger charge is -2.28. The highest BCUT2D eigenvalue weighted by atomic mass is 19.1. The number of rotatable bonds is 8. The molecule has 1 heterocycles. The molecule has 1 aliphatic heterocycles. The third-order valence-electron chi connectivity index (χ3n) is 4.44. The Hall–Kier alpha value is -2.60. The highest BCUT2D eigenvalue weighted by molar-refractivity contribution is 5.75. The van der Waals surface area contributed by atoms with Crippen molar-refractivity contribution in [3.05, 3.63) is 59.9 Å². The van der Waals surface area contributed by atoms with Crippen molar-refractivity contribution in [2.75, 3.05) is 37.8 Å². The summed E-state index contributed by atoms with van der Waals surface area (Å²) in [4.78, 5) is 14.2. The van der Waals surface area contributed by atoms with E-state index in [1.807, 2.05) is 12.1 Å². The second kappa shape index (κ2) is 9.92. The van der Waals surface area contributed by atoms with E-state index in [1.54, 1.807) is 18.2 Å². The number of hydrogen-bond donors (Lipinski definition) is 1. The van der Waals surface area contributed by atoms with Crippen molar-refractivity contribution in [3.8, 4) is 5.75 Å². The molecule has 0 atom stereocenters. The average molecular weight is 372 g/mol. The smallest absolute Gasteiger partial charge is 0.220 e. The largest absolute Gasteiger partial charge is 0.491 e. The summed E-state index contributed by atoms with van der Waals surface area (Å²) < 4.78 is 24.1. The summed E-state index contributed by atoms with van der Waals surface area (Å²) in [6.07, 6.45) is 0.885. The third kappa shape index (κ3) is 5.96. The number of morpholine rings is 1. The second-order valence-corrected chi connectivity index (χ2v) is 6.43. The number of hydrogen-bond acceptors (Lipinski definition) is 4. The lowest BCUT2D eigenvalue weighted by Crippen LogP contribution is -2.36. The minimum absolute atomic E-state index is 0.0376. The lowest BCUT2D eigenvalue weighted by atomic mass is 10.2. The maximum absolute atomic E-state index is 13.4. The van der Waals surface area contributed by atoms with Crippen molar-refractivity contribution in [2.45, 2.75) is 19.4 Å². The van der Waals surface area contributed by atoms with Crippen LogP contribution in [0.5, 0.6) is 5.75 Å². The number of amides is 1. The van der Waals surface area contributed by atoms with Crippen LogP contribution in [0.3, 0.4) is 0 Å². The van der Waals surface area contributed by atoms with E-state index in [-0.39, 0.29) is 17.5 Å². The van der Waals surface area contributed by atoms with Gasteiger partial charge < -0.3 is 19.7 Å². The van der Waals surface area contributed by atoms with Gasteiger partial charge in [0, 0.05) is 31.7 Å². The van der Waals surface area contributed by atoms with E-state index >= 15 is 0 Å². The van der Waals surface area contributed by atoms with Gasteiger partial charge in [0.05, 0.1) is 19.8 Å². The second-order valence-electron chi connectivity index (χ2n) is 6.43. The zero-order chi connectivity index (χ0) is 18.9. The predicted octanol–water partition coefficient (Wildman–Crippen LogP) is 3.14. The van der Waals surface area contributed by atoms with Gasteiger partial charge in [0.1, 0.15) is 0 Å². The van der Waals surface area contributed by atoms with Crippen LogP contribution in [0.2, 0.25) is 0 Å². The number of benzene rings is 2. The van der Waals surface area contributed by atoms with Gasteiger partial charge in [-0.2, -0.15) is 0 Å². The average Bonchev–Trinajstić information content (AvgIpc) is 2.72. The maximum atomic E-state index is 13.4. The molecule has 2 aromatic rings. The molecule has 1 aliphatic rings. The molecule has 1 saturated heterocycles. The van der Waals surface area contributed by atoms with Crippen LogP contribution in [-0.2, 0) is 16.1 Å². The van der Waals surface area contributed by atoms with Crippen LogP contribution in [0.4, 0.5) is 10.1 Å². The van der Waals surface area contributed by atoms with Gasteiger partial charge in [-0.1, -0.05) is 24.3 Å². The molecular weight excluding hydrogens is 347 g/mol. The van der Waals surface area contributed by atoms with E-state index in [4.69, 9.17) is 9.47 Å². The summed E-state index contributed by atoms with van der Waals surface area (Å²) in [5.74, 6) is -0.204. The van der Waals surface area contributed by atoms with E-state index in [2.05, 4.69) is 22.3 Å². The lowest BCUT2D eigenvalue weighted by molar-refractivity contribution is -0.121. The van der Waals surface area contributed by atoms with Crippen molar-refractivity contribution in [1.29, 1.82) is 0 Å². The number of ether oxygens (including phenoxy) is 2. The minimum Gasteiger partial charge on any atom is -0.491 e. The molecule has 27 heavy (non-hydrogen) atoms. The molecule has 0 aromatic heterocycles. The number of anilines is 1. The van der Waals surface area contributed by atoms with Crippen molar-refractivity contribution < 1.29 is 18.7 Å². The monoisotopic (exact) mass is 372 g/mol. The van der Waals surface area contributed by atoms with Crippen LogP contribution < -0.4 is 15.0 Å². The first-order chi connectivity index (χ1) is 13.2. The summed E-state index contributed by atoms with van der Waals surface area (Å²) in [7, 11) is 0. The van der Waals surface area contributed by atoms with E-state index in [0.29, 0.717) is 26.0 Å². The predicted molar refractivity (Wildman–Crippen MR) is 102 cm³/mol. The Kier molecular flexibility index (Phi) is 7.04. The van der Waals surface area contributed by atoms with Crippen molar-refractivity contribution in [3.63, 3.8) is 0 Å². The van der Waals surface area contributed by atoms with Crippen LogP contribution in [0, 0.1) is 5.82 Å². The summed E-state index contributed by atoms with van der Waals surface area (Å²) in [6, 6.07) is 14.5. The molecule has 144 valence electrons. The standard InChI is InChI=1S/C21H25FN2O3/c22-19-4-1-2-5-20(19)27-13-3-6-21(25)23-16-17-7-9-18(10-8-17)24-11-14-26-15-12-24/h1-2,4-5,7-10H,3,6,11-16H2,(H,23,25). The quantitative estimate of drug-likeness (QED) is 0.724. The Labute approximate surface area is 159 Å². The molecule has 5 nitrogen and oxygen atoms in total. The van der Waals surface area contributed by atoms with Gasteiger partial charge in [-0.25, -0.2) is 4.39 Å². The fourth-order valence-electron chi connectivity index (χ4n) is 2.91. The van der Waals surface area contributed by atoms with Gasteiger partial charge in [0.25, 0.3) is 0 Å². The maximum Gasteiger partial charge on any atom is 0.220 e. The van der Waals surface area contributed by atoms with Gasteiger partial charge in [0.15, 0.2) is 11.6 Å². The number of nitrogens with one attached hydrogen (secondary N) is 1. The summed E-state index contributed by atoms with van der Waals surface area (Å²) in [5.41, 5.74) is 2.24. The summed E-state index contributed by atoms with van der Waals surface area (Å²) in [6.45, 7) is 4.14. The van der Waals surface area contributed by atoms with Gasteiger partial charge >= 0.3 is 0 Å². The van der Waals surface area contributed by atoms with Gasteiger partial charge in [-0.3, -0.25) is 4.79 Å². The van der Waals surface area contributed by atoms with Crippen molar-refractivity contribution in [2.24, 2.45) is 0 Å². The number of para-hydroxylation sites is 1. The normalized spacial score (nSPS) is 14.0. The summed E-state index contributed by atoms with van der Waals surface area (Å²) >= 11 is 0. The molecular formula is C21H25FN2O3. The van der Waals surface area contributed by atoms with Gasteiger partial charge in [-0.05, 0) is 36.2 Å². The fraction of sp³-hybridized carbons (Fsp3) is 0.381. The zero-order valence-electron chi connectivity index (χ0n) is 15.3. The molecule has 0 saturated carbocycles. The Morgan fingerprint density at radius 1 is 1.11 bits per heavy atom. The molecule has 1 fully saturated rings. The Bertz CT molecular complexity index is 730.